The molecule has 0 saturated heterocycles. The van der Waals surface area contributed by atoms with E-state index in [1.165, 1.54) is 13.2 Å². The number of methoxy groups -OCH3 is 1. The van der Waals surface area contributed by atoms with E-state index >= 15 is 0 Å². The summed E-state index contributed by atoms with van der Waals surface area (Å²) in [6.07, 6.45) is 0.429. The Kier molecular flexibility index (Phi) is 4.87. The Morgan fingerprint density at radius 1 is 1.53 bits per heavy atom. The van der Waals surface area contributed by atoms with Crippen molar-refractivity contribution >= 4 is 17.7 Å². The Bertz CT molecular complexity index is 515. The van der Waals surface area contributed by atoms with E-state index in [1.807, 2.05) is 0 Å². The quantitative estimate of drug-likeness (QED) is 0.801. The Labute approximate surface area is 108 Å². The highest BCUT2D eigenvalue weighted by Crippen LogP contribution is 2.26. The average molecular weight is 269 g/mol. The number of nitrogens with one attached hydrogen (secondary N) is 1. The van der Waals surface area contributed by atoms with E-state index in [4.69, 9.17) is 5.11 Å². The Morgan fingerprint density at radius 2 is 2.21 bits per heavy atom. The molecule has 19 heavy (non-hydrogen) atoms. The molecular weight excluding hydrogens is 257 g/mol. The molecule has 0 fully saturated rings. The molecule has 1 aromatic carbocycles. The van der Waals surface area contributed by atoms with Gasteiger partial charge in [0.2, 0.25) is 0 Å². The van der Waals surface area contributed by atoms with E-state index in [2.05, 4.69) is 21.4 Å². The molecule has 2 N–H and O–H groups in total. The SMILES string of the molecule is C=CCOC(=O)Nc1cc(F)c(OC)cc1C(=O)O. The third-order valence-corrected chi connectivity index (χ3v) is 2.09. The topological polar surface area (TPSA) is 84.9 Å². The number of carboxylic acid groups (broad SMARTS) is 1. The smallest absolute Gasteiger partial charge is 0.411 e. The number of anilines is 1. The summed E-state index contributed by atoms with van der Waals surface area (Å²) in [4.78, 5) is 22.3. The number of carbonyl (C=O) groups excluding carboxylic acids is 1. The van der Waals surface area contributed by atoms with Crippen LogP contribution in [0.3, 0.4) is 0 Å². The summed E-state index contributed by atoms with van der Waals surface area (Å²) < 4.78 is 22.7. The molecule has 0 unspecified atom stereocenters. The van der Waals surface area contributed by atoms with Gasteiger partial charge in [-0.3, -0.25) is 5.32 Å². The van der Waals surface area contributed by atoms with Crippen molar-refractivity contribution in [2.24, 2.45) is 0 Å². The summed E-state index contributed by atoms with van der Waals surface area (Å²) in [6.45, 7) is 3.30. The number of benzene rings is 1. The molecule has 0 aliphatic heterocycles. The van der Waals surface area contributed by atoms with Crippen LogP contribution in [0.4, 0.5) is 14.9 Å². The summed E-state index contributed by atoms with van der Waals surface area (Å²) in [7, 11) is 1.20. The van der Waals surface area contributed by atoms with E-state index in [1.54, 1.807) is 0 Å². The van der Waals surface area contributed by atoms with Gasteiger partial charge in [-0.2, -0.15) is 0 Å². The van der Waals surface area contributed by atoms with Gasteiger partial charge in [-0.15, -0.1) is 0 Å². The van der Waals surface area contributed by atoms with Crippen LogP contribution in [0.25, 0.3) is 0 Å². The first-order chi connectivity index (χ1) is 8.99. The van der Waals surface area contributed by atoms with Gasteiger partial charge >= 0.3 is 12.1 Å². The number of aromatic carboxylic acids is 1. The summed E-state index contributed by atoms with van der Waals surface area (Å²) in [5.74, 6) is -2.37. The standard InChI is InChI=1S/C12H12FNO5/c1-3-4-19-12(17)14-9-6-8(13)10(18-2)5-7(9)11(15)16/h3,5-6H,1,4H2,2H3,(H,14,17)(H,15,16). The zero-order chi connectivity index (χ0) is 14.4. The van der Waals surface area contributed by atoms with E-state index in [9.17, 15) is 14.0 Å². The largest absolute Gasteiger partial charge is 0.494 e. The van der Waals surface area contributed by atoms with Crippen LogP contribution in [-0.4, -0.2) is 30.9 Å². The first-order valence-electron chi connectivity index (χ1n) is 5.15. The molecule has 0 bridgehead atoms. The first kappa shape index (κ1) is 14.5. The molecule has 6 nitrogen and oxygen atoms in total. The lowest BCUT2D eigenvalue weighted by molar-refractivity contribution is 0.0697. The maximum atomic E-state index is 13.5. The van der Waals surface area contributed by atoms with Gasteiger partial charge in [-0.1, -0.05) is 12.7 Å². The molecule has 0 aliphatic carbocycles. The molecule has 0 heterocycles. The van der Waals surface area contributed by atoms with E-state index < -0.39 is 17.9 Å². The second-order valence-electron chi connectivity index (χ2n) is 3.35. The number of carbonyl (C=O) groups is 2. The van der Waals surface area contributed by atoms with E-state index in [-0.39, 0.29) is 23.6 Å². The fraction of sp³-hybridized carbons (Fsp3) is 0.167. The van der Waals surface area contributed by atoms with Crippen LogP contribution in [0.1, 0.15) is 10.4 Å². The lowest BCUT2D eigenvalue weighted by atomic mass is 10.1. The molecule has 1 aromatic rings. The Balaban J connectivity index is 3.05. The van der Waals surface area contributed by atoms with Gasteiger partial charge in [-0.25, -0.2) is 14.0 Å². The third-order valence-electron chi connectivity index (χ3n) is 2.09. The maximum Gasteiger partial charge on any atom is 0.411 e. The van der Waals surface area contributed by atoms with Crippen LogP contribution in [0.2, 0.25) is 0 Å². The predicted molar refractivity (Wildman–Crippen MR) is 65.1 cm³/mol. The Morgan fingerprint density at radius 3 is 2.74 bits per heavy atom. The summed E-state index contributed by atoms with van der Waals surface area (Å²) in [5.41, 5.74) is -0.534. The molecule has 7 heteroatoms. The van der Waals surface area contributed by atoms with Crippen LogP contribution >= 0.6 is 0 Å². The van der Waals surface area contributed by atoms with Crippen LogP contribution < -0.4 is 10.1 Å². The second kappa shape index (κ2) is 6.39. The second-order valence-corrected chi connectivity index (χ2v) is 3.35. The van der Waals surface area contributed by atoms with Gasteiger partial charge in [0, 0.05) is 6.07 Å². The number of hydrogen-bond acceptors (Lipinski definition) is 4. The van der Waals surface area contributed by atoms with Crippen molar-refractivity contribution in [3.8, 4) is 5.75 Å². The lowest BCUT2D eigenvalue weighted by Gasteiger charge is -2.10. The first-order valence-corrected chi connectivity index (χ1v) is 5.15. The number of amides is 1. The Hall–Kier alpha value is -2.57. The molecular formula is C12H12FNO5. The number of rotatable bonds is 5. The van der Waals surface area contributed by atoms with Crippen molar-refractivity contribution in [1.29, 1.82) is 0 Å². The fourth-order valence-electron chi connectivity index (χ4n) is 1.27. The molecule has 1 rings (SSSR count). The molecule has 1 amide bonds. The van der Waals surface area contributed by atoms with Crippen LogP contribution in [0.5, 0.6) is 5.75 Å². The van der Waals surface area contributed by atoms with Crippen molar-refractivity contribution in [2.75, 3.05) is 19.0 Å². The van der Waals surface area contributed by atoms with Gasteiger partial charge in [0.15, 0.2) is 11.6 Å². The minimum absolute atomic E-state index is 0.0487. The van der Waals surface area contributed by atoms with Crippen molar-refractivity contribution < 1.29 is 28.6 Å². The highest BCUT2D eigenvalue weighted by atomic mass is 19.1. The summed E-state index contributed by atoms with van der Waals surface area (Å²) in [5, 5.41) is 11.1. The predicted octanol–water partition coefficient (Wildman–Crippen LogP) is 2.27. The van der Waals surface area contributed by atoms with Gasteiger partial charge < -0.3 is 14.6 Å². The zero-order valence-electron chi connectivity index (χ0n) is 10.1. The normalized spacial score (nSPS) is 9.58. The maximum absolute atomic E-state index is 13.5. The zero-order valence-corrected chi connectivity index (χ0v) is 10.1. The van der Waals surface area contributed by atoms with Crippen molar-refractivity contribution in [3.63, 3.8) is 0 Å². The number of halogens is 1. The third kappa shape index (κ3) is 3.70. The number of hydrogen-bond donors (Lipinski definition) is 2. The molecule has 0 saturated carbocycles. The monoisotopic (exact) mass is 269 g/mol. The van der Waals surface area contributed by atoms with Crippen LogP contribution in [-0.2, 0) is 4.74 Å². The van der Waals surface area contributed by atoms with Crippen molar-refractivity contribution in [3.05, 3.63) is 36.2 Å². The number of ether oxygens (including phenoxy) is 2. The molecule has 0 aromatic heterocycles. The fourth-order valence-corrected chi connectivity index (χ4v) is 1.27. The average Bonchev–Trinajstić information content (AvgIpc) is 2.36. The van der Waals surface area contributed by atoms with Gasteiger partial charge in [0.05, 0.1) is 18.4 Å². The van der Waals surface area contributed by atoms with Gasteiger partial charge in [-0.05, 0) is 6.07 Å². The molecule has 0 spiro atoms. The summed E-state index contributed by atoms with van der Waals surface area (Å²) in [6, 6.07) is 1.82. The highest BCUT2D eigenvalue weighted by molar-refractivity contribution is 5.99. The van der Waals surface area contributed by atoms with Crippen LogP contribution in [0, 0.1) is 5.82 Å². The molecule has 0 radical (unpaired) electrons. The van der Waals surface area contributed by atoms with Crippen LogP contribution in [0.15, 0.2) is 24.8 Å². The van der Waals surface area contributed by atoms with E-state index in [0.717, 1.165) is 12.1 Å². The molecule has 102 valence electrons. The van der Waals surface area contributed by atoms with Gasteiger partial charge in [0.1, 0.15) is 6.61 Å². The van der Waals surface area contributed by atoms with Crippen molar-refractivity contribution in [1.82, 2.24) is 0 Å². The number of carboxylic acids is 1. The van der Waals surface area contributed by atoms with Crippen molar-refractivity contribution in [2.45, 2.75) is 0 Å². The molecule has 0 atom stereocenters. The molecule has 0 aliphatic rings. The van der Waals surface area contributed by atoms with E-state index in [0.29, 0.717) is 0 Å². The lowest BCUT2D eigenvalue weighted by Crippen LogP contribution is -2.16. The minimum atomic E-state index is -1.34. The minimum Gasteiger partial charge on any atom is -0.494 e. The highest BCUT2D eigenvalue weighted by Gasteiger charge is 2.17. The van der Waals surface area contributed by atoms with Gasteiger partial charge in [0.25, 0.3) is 0 Å². The summed E-state index contributed by atoms with van der Waals surface area (Å²) >= 11 is 0.